The Morgan fingerprint density at radius 1 is 1.52 bits per heavy atom. The van der Waals surface area contributed by atoms with Gasteiger partial charge in [-0.2, -0.15) is 4.99 Å². The monoisotopic (exact) mass is 346 g/mol. The van der Waals surface area contributed by atoms with E-state index >= 15 is 0 Å². The van der Waals surface area contributed by atoms with Gasteiger partial charge in [-0.05, 0) is 19.1 Å². The van der Waals surface area contributed by atoms with Gasteiger partial charge in [0.1, 0.15) is 10.8 Å². The summed E-state index contributed by atoms with van der Waals surface area (Å²) in [7, 11) is 1.86. The summed E-state index contributed by atoms with van der Waals surface area (Å²) >= 11 is 2.86. The lowest BCUT2D eigenvalue weighted by Crippen LogP contribution is -2.13. The number of hydrogen-bond acceptors (Lipinski definition) is 6. The Hall–Kier alpha value is -2.19. The van der Waals surface area contributed by atoms with E-state index in [0.29, 0.717) is 21.1 Å². The quantitative estimate of drug-likeness (QED) is 0.679. The van der Waals surface area contributed by atoms with Crippen molar-refractivity contribution in [2.75, 3.05) is 0 Å². The van der Waals surface area contributed by atoms with Gasteiger partial charge in [0.2, 0.25) is 0 Å². The van der Waals surface area contributed by atoms with Crippen molar-refractivity contribution in [3.05, 3.63) is 57.8 Å². The number of thiazole rings is 1. The molecule has 118 valence electrons. The summed E-state index contributed by atoms with van der Waals surface area (Å²) in [6, 6.07) is 5.35. The second kappa shape index (κ2) is 6.93. The van der Waals surface area contributed by atoms with E-state index in [4.69, 9.17) is 4.52 Å². The van der Waals surface area contributed by atoms with E-state index in [2.05, 4.69) is 15.1 Å². The van der Waals surface area contributed by atoms with Crippen LogP contribution in [-0.4, -0.2) is 20.6 Å². The maximum absolute atomic E-state index is 12.4. The Bertz CT molecular complexity index is 895. The largest absolute Gasteiger partial charge is 0.361 e. The smallest absolute Gasteiger partial charge is 0.282 e. The fourth-order valence-corrected chi connectivity index (χ4v) is 3.47. The topological polar surface area (TPSA) is 73.3 Å². The molecule has 0 spiro atoms. The molecule has 0 aliphatic rings. The first kappa shape index (κ1) is 15.7. The van der Waals surface area contributed by atoms with Crippen LogP contribution >= 0.6 is 23.1 Å². The Balaban J connectivity index is 1.83. The summed E-state index contributed by atoms with van der Waals surface area (Å²) in [4.78, 5) is 21.6. The van der Waals surface area contributed by atoms with E-state index in [1.54, 1.807) is 18.3 Å². The van der Waals surface area contributed by atoms with Crippen LogP contribution in [0.2, 0.25) is 0 Å². The van der Waals surface area contributed by atoms with Crippen LogP contribution in [0.5, 0.6) is 0 Å². The molecule has 3 rings (SSSR count). The van der Waals surface area contributed by atoms with Crippen LogP contribution < -0.4 is 4.80 Å². The minimum atomic E-state index is -0.296. The average Bonchev–Trinajstić information content (AvgIpc) is 3.14. The molecular weight excluding hydrogens is 332 g/mol. The molecule has 0 saturated heterocycles. The molecule has 3 aromatic rings. The van der Waals surface area contributed by atoms with Crippen LogP contribution in [0.25, 0.3) is 0 Å². The SMILES string of the molecule is Cc1cc(CSc2ncccc2C(=O)N=c2sccn2C)no1. The van der Waals surface area contributed by atoms with Gasteiger partial charge in [-0.3, -0.25) is 4.79 Å². The lowest BCUT2D eigenvalue weighted by molar-refractivity contribution is 0.0994. The summed E-state index contributed by atoms with van der Waals surface area (Å²) in [5, 5.41) is 6.47. The number of amides is 1. The first-order chi connectivity index (χ1) is 11.1. The van der Waals surface area contributed by atoms with Crippen molar-refractivity contribution in [2.24, 2.45) is 12.0 Å². The number of thioether (sulfide) groups is 1. The van der Waals surface area contributed by atoms with E-state index < -0.39 is 0 Å². The molecule has 0 aliphatic carbocycles. The first-order valence-corrected chi connectivity index (χ1v) is 8.69. The number of pyridine rings is 1. The summed E-state index contributed by atoms with van der Waals surface area (Å²) in [6.07, 6.45) is 3.53. The summed E-state index contributed by atoms with van der Waals surface area (Å²) in [5.41, 5.74) is 1.31. The zero-order valence-electron chi connectivity index (χ0n) is 12.6. The van der Waals surface area contributed by atoms with Crippen molar-refractivity contribution in [2.45, 2.75) is 17.7 Å². The number of carbonyl (C=O) groups is 1. The number of rotatable bonds is 4. The standard InChI is InChI=1S/C15H14N4O2S2/c1-10-8-11(18-21-10)9-23-14-12(4-3-5-16-14)13(20)17-15-19(2)6-7-22-15/h3-8H,9H2,1-2H3. The molecule has 0 radical (unpaired) electrons. The normalized spacial score (nSPS) is 11.8. The van der Waals surface area contributed by atoms with Gasteiger partial charge >= 0.3 is 0 Å². The van der Waals surface area contributed by atoms with Crippen LogP contribution in [-0.2, 0) is 12.8 Å². The summed E-state index contributed by atoms with van der Waals surface area (Å²) in [6.45, 7) is 1.84. The van der Waals surface area contributed by atoms with Crippen molar-refractivity contribution < 1.29 is 9.32 Å². The van der Waals surface area contributed by atoms with Gasteiger partial charge in [0.15, 0.2) is 4.80 Å². The average molecular weight is 346 g/mol. The van der Waals surface area contributed by atoms with Crippen LogP contribution in [0, 0.1) is 6.92 Å². The minimum absolute atomic E-state index is 0.296. The number of aromatic nitrogens is 3. The Kier molecular flexibility index (Phi) is 4.73. The maximum atomic E-state index is 12.4. The van der Waals surface area contributed by atoms with Gasteiger partial charge in [-0.25, -0.2) is 4.98 Å². The predicted octanol–water partition coefficient (Wildman–Crippen LogP) is 2.81. The minimum Gasteiger partial charge on any atom is -0.361 e. The van der Waals surface area contributed by atoms with Crippen molar-refractivity contribution in [1.82, 2.24) is 14.7 Å². The Labute approximate surface area is 140 Å². The molecule has 3 heterocycles. The highest BCUT2D eigenvalue weighted by atomic mass is 32.2. The first-order valence-electron chi connectivity index (χ1n) is 6.82. The van der Waals surface area contributed by atoms with Gasteiger partial charge in [0.25, 0.3) is 5.91 Å². The molecule has 3 aromatic heterocycles. The number of nitrogens with zero attached hydrogens (tertiary/aromatic N) is 4. The second-order valence-electron chi connectivity index (χ2n) is 4.79. The van der Waals surface area contributed by atoms with Crippen LogP contribution in [0.4, 0.5) is 0 Å². The molecule has 1 amide bonds. The van der Waals surface area contributed by atoms with Crippen LogP contribution in [0.3, 0.4) is 0 Å². The summed E-state index contributed by atoms with van der Waals surface area (Å²) in [5.74, 6) is 1.05. The van der Waals surface area contributed by atoms with Gasteiger partial charge in [-0.15, -0.1) is 11.3 Å². The highest BCUT2D eigenvalue weighted by Gasteiger charge is 2.13. The molecule has 8 heteroatoms. The molecule has 23 heavy (non-hydrogen) atoms. The zero-order chi connectivity index (χ0) is 16.2. The van der Waals surface area contributed by atoms with Crippen molar-refractivity contribution in [1.29, 1.82) is 0 Å². The molecule has 6 nitrogen and oxygen atoms in total. The molecule has 0 aromatic carbocycles. The van der Waals surface area contributed by atoms with Crippen molar-refractivity contribution in [3.8, 4) is 0 Å². The Morgan fingerprint density at radius 3 is 3.09 bits per heavy atom. The van der Waals surface area contributed by atoms with Gasteiger partial charge in [0, 0.05) is 36.6 Å². The fourth-order valence-electron chi connectivity index (χ4n) is 1.88. The Morgan fingerprint density at radius 2 is 2.39 bits per heavy atom. The molecule has 0 bridgehead atoms. The third-order valence-corrected chi connectivity index (χ3v) is 4.88. The molecule has 0 unspecified atom stereocenters. The van der Waals surface area contributed by atoms with E-state index in [0.717, 1.165) is 11.5 Å². The second-order valence-corrected chi connectivity index (χ2v) is 6.62. The molecule has 0 fully saturated rings. The third kappa shape index (κ3) is 3.77. The van der Waals surface area contributed by atoms with Gasteiger partial charge in [-0.1, -0.05) is 16.9 Å². The van der Waals surface area contributed by atoms with Crippen LogP contribution in [0.15, 0.2) is 50.5 Å². The van der Waals surface area contributed by atoms with Gasteiger partial charge < -0.3 is 9.09 Å². The highest BCUT2D eigenvalue weighted by molar-refractivity contribution is 7.98. The van der Waals surface area contributed by atoms with Gasteiger partial charge in [0.05, 0.1) is 11.3 Å². The number of carbonyl (C=O) groups excluding carboxylic acids is 1. The lowest BCUT2D eigenvalue weighted by Gasteiger charge is -2.03. The number of aryl methyl sites for hydroxylation is 2. The molecule has 0 atom stereocenters. The van der Waals surface area contributed by atoms with E-state index in [1.807, 2.05) is 36.2 Å². The molecule has 0 saturated carbocycles. The van der Waals surface area contributed by atoms with E-state index in [9.17, 15) is 4.79 Å². The molecular formula is C15H14N4O2S2. The molecule has 0 aliphatic heterocycles. The third-order valence-electron chi connectivity index (χ3n) is 2.99. The van der Waals surface area contributed by atoms with Crippen LogP contribution in [0.1, 0.15) is 21.8 Å². The molecule has 0 N–H and O–H groups in total. The fraction of sp³-hybridized carbons (Fsp3) is 0.200. The zero-order valence-corrected chi connectivity index (χ0v) is 14.2. The van der Waals surface area contributed by atoms with Crippen molar-refractivity contribution in [3.63, 3.8) is 0 Å². The summed E-state index contributed by atoms with van der Waals surface area (Å²) < 4.78 is 6.85. The van der Waals surface area contributed by atoms with E-state index in [1.165, 1.54) is 23.1 Å². The van der Waals surface area contributed by atoms with E-state index in [-0.39, 0.29) is 5.91 Å². The number of hydrogen-bond donors (Lipinski definition) is 0. The predicted molar refractivity (Wildman–Crippen MR) is 88.2 cm³/mol. The lowest BCUT2D eigenvalue weighted by atomic mass is 10.3. The highest BCUT2D eigenvalue weighted by Crippen LogP contribution is 2.24. The maximum Gasteiger partial charge on any atom is 0.282 e. The van der Waals surface area contributed by atoms with Crippen molar-refractivity contribution >= 4 is 29.0 Å².